The maximum Gasteiger partial charge on any atom is 0.120 e. The summed E-state index contributed by atoms with van der Waals surface area (Å²) in [7, 11) is 0. The molecule has 1 heterocycles. The van der Waals surface area contributed by atoms with Crippen molar-refractivity contribution in [2.24, 2.45) is 0 Å². The minimum Gasteiger partial charge on any atom is -0.508 e. The van der Waals surface area contributed by atoms with Gasteiger partial charge in [-0.05, 0) is 32.0 Å². The molecular formula is C13H16N2O2S. The van der Waals surface area contributed by atoms with Crippen LogP contribution in [0.5, 0.6) is 11.5 Å². The summed E-state index contributed by atoms with van der Waals surface area (Å²) in [4.78, 5) is 4.36. The summed E-state index contributed by atoms with van der Waals surface area (Å²) in [5, 5.41) is 25.5. The second kappa shape index (κ2) is 5.37. The molecule has 0 bridgehead atoms. The first-order valence-electron chi connectivity index (χ1n) is 5.72. The second-order valence-electron chi connectivity index (χ2n) is 4.20. The molecule has 0 saturated carbocycles. The van der Waals surface area contributed by atoms with Crippen LogP contribution < -0.4 is 5.32 Å². The first-order chi connectivity index (χ1) is 8.56. The Labute approximate surface area is 110 Å². The van der Waals surface area contributed by atoms with Crippen LogP contribution in [0.3, 0.4) is 0 Å². The highest BCUT2D eigenvalue weighted by atomic mass is 32.1. The average Bonchev–Trinajstić information content (AvgIpc) is 2.75. The Morgan fingerprint density at radius 3 is 2.83 bits per heavy atom. The Kier molecular flexibility index (Phi) is 3.84. The van der Waals surface area contributed by atoms with Crippen LogP contribution in [0.2, 0.25) is 0 Å². The molecule has 0 aliphatic carbocycles. The van der Waals surface area contributed by atoms with Crippen LogP contribution in [0.15, 0.2) is 23.6 Å². The molecule has 0 spiro atoms. The fourth-order valence-electron chi connectivity index (χ4n) is 1.75. The van der Waals surface area contributed by atoms with Gasteiger partial charge in [-0.15, -0.1) is 11.3 Å². The number of nitrogens with zero attached hydrogens (tertiary/aromatic N) is 1. The Morgan fingerprint density at radius 1 is 1.39 bits per heavy atom. The van der Waals surface area contributed by atoms with Crippen LogP contribution in [0.4, 0.5) is 0 Å². The van der Waals surface area contributed by atoms with Crippen molar-refractivity contribution in [1.29, 1.82) is 0 Å². The van der Waals surface area contributed by atoms with E-state index in [1.165, 1.54) is 12.1 Å². The number of aryl methyl sites for hydroxylation is 1. The molecule has 2 rings (SSSR count). The molecule has 18 heavy (non-hydrogen) atoms. The minimum absolute atomic E-state index is 0.0564. The van der Waals surface area contributed by atoms with Crippen molar-refractivity contribution in [3.63, 3.8) is 0 Å². The average molecular weight is 264 g/mol. The van der Waals surface area contributed by atoms with Gasteiger partial charge in [0.1, 0.15) is 11.5 Å². The topological polar surface area (TPSA) is 65.4 Å². The molecule has 3 N–H and O–H groups in total. The third kappa shape index (κ3) is 3.00. The van der Waals surface area contributed by atoms with Crippen molar-refractivity contribution in [3.8, 4) is 11.5 Å². The first kappa shape index (κ1) is 12.9. The third-order valence-corrected chi connectivity index (χ3v) is 3.56. The van der Waals surface area contributed by atoms with Crippen molar-refractivity contribution in [3.05, 3.63) is 39.8 Å². The van der Waals surface area contributed by atoms with Gasteiger partial charge in [0.25, 0.3) is 0 Å². The molecule has 1 unspecified atom stereocenters. The number of hydrogen-bond donors (Lipinski definition) is 3. The highest BCUT2D eigenvalue weighted by Crippen LogP contribution is 2.27. The van der Waals surface area contributed by atoms with E-state index in [0.29, 0.717) is 12.1 Å². The molecule has 0 aliphatic heterocycles. The Morgan fingerprint density at radius 2 is 2.17 bits per heavy atom. The van der Waals surface area contributed by atoms with Crippen molar-refractivity contribution < 1.29 is 10.2 Å². The summed E-state index contributed by atoms with van der Waals surface area (Å²) < 4.78 is 0. The summed E-state index contributed by atoms with van der Waals surface area (Å²) in [6.45, 7) is 4.55. The van der Waals surface area contributed by atoms with E-state index in [-0.39, 0.29) is 17.5 Å². The zero-order valence-electron chi connectivity index (χ0n) is 10.3. The number of thiazole rings is 1. The molecule has 5 heteroatoms. The number of aromatic hydroxyl groups is 2. The van der Waals surface area contributed by atoms with E-state index in [1.54, 1.807) is 17.4 Å². The molecule has 2 aromatic rings. The molecule has 0 fully saturated rings. The summed E-state index contributed by atoms with van der Waals surface area (Å²) >= 11 is 1.62. The maximum absolute atomic E-state index is 9.74. The highest BCUT2D eigenvalue weighted by molar-refractivity contribution is 7.09. The second-order valence-corrected chi connectivity index (χ2v) is 5.27. The molecule has 0 amide bonds. The summed E-state index contributed by atoms with van der Waals surface area (Å²) in [5.74, 6) is 0.336. The normalized spacial score (nSPS) is 12.6. The van der Waals surface area contributed by atoms with E-state index in [0.717, 1.165) is 10.7 Å². The summed E-state index contributed by atoms with van der Waals surface area (Å²) in [6.07, 6.45) is 0. The molecule has 1 aromatic heterocycles. The fraction of sp³-hybridized carbons (Fsp3) is 0.308. The molecule has 96 valence electrons. The van der Waals surface area contributed by atoms with Gasteiger partial charge in [0, 0.05) is 23.5 Å². The monoisotopic (exact) mass is 264 g/mol. The zero-order chi connectivity index (χ0) is 13.1. The van der Waals surface area contributed by atoms with E-state index in [4.69, 9.17) is 0 Å². The number of aromatic nitrogens is 1. The predicted molar refractivity (Wildman–Crippen MR) is 71.9 cm³/mol. The van der Waals surface area contributed by atoms with Crippen LogP contribution in [0.1, 0.15) is 29.2 Å². The van der Waals surface area contributed by atoms with Gasteiger partial charge in [-0.1, -0.05) is 0 Å². The van der Waals surface area contributed by atoms with Crippen molar-refractivity contribution >= 4 is 11.3 Å². The lowest BCUT2D eigenvalue weighted by atomic mass is 10.1. The molecule has 0 aliphatic rings. The number of phenolic OH excluding ortho intramolecular Hbond substituents is 2. The maximum atomic E-state index is 9.74. The Hall–Kier alpha value is -1.59. The molecular weight excluding hydrogens is 248 g/mol. The van der Waals surface area contributed by atoms with Gasteiger partial charge in [-0.25, -0.2) is 4.98 Å². The van der Waals surface area contributed by atoms with Crippen LogP contribution in [0, 0.1) is 6.92 Å². The number of nitrogens with one attached hydrogen (secondary N) is 1. The Balaban J connectivity index is 2.03. The smallest absolute Gasteiger partial charge is 0.120 e. The molecule has 1 atom stereocenters. The van der Waals surface area contributed by atoms with Gasteiger partial charge in [-0.2, -0.15) is 0 Å². The first-order valence-corrected chi connectivity index (χ1v) is 6.60. The van der Waals surface area contributed by atoms with E-state index in [1.807, 2.05) is 19.2 Å². The molecule has 0 radical (unpaired) electrons. The number of rotatable bonds is 4. The van der Waals surface area contributed by atoms with Gasteiger partial charge < -0.3 is 15.5 Å². The van der Waals surface area contributed by atoms with E-state index in [9.17, 15) is 10.2 Å². The summed E-state index contributed by atoms with van der Waals surface area (Å²) in [5.41, 5.74) is 1.67. The fourth-order valence-corrected chi connectivity index (χ4v) is 2.36. The lowest BCUT2D eigenvalue weighted by Crippen LogP contribution is -2.18. The van der Waals surface area contributed by atoms with Crippen LogP contribution in [0.25, 0.3) is 0 Å². The molecule has 1 aromatic carbocycles. The zero-order valence-corrected chi connectivity index (χ0v) is 11.2. The van der Waals surface area contributed by atoms with Crippen molar-refractivity contribution in [1.82, 2.24) is 10.3 Å². The van der Waals surface area contributed by atoms with Crippen LogP contribution >= 0.6 is 11.3 Å². The lowest BCUT2D eigenvalue weighted by molar-refractivity contribution is 0.440. The number of hydrogen-bond acceptors (Lipinski definition) is 5. The van der Waals surface area contributed by atoms with Crippen LogP contribution in [-0.2, 0) is 6.54 Å². The predicted octanol–water partition coefficient (Wildman–Crippen LogP) is 2.71. The van der Waals surface area contributed by atoms with Gasteiger partial charge in [0.2, 0.25) is 0 Å². The van der Waals surface area contributed by atoms with Crippen LogP contribution in [-0.4, -0.2) is 15.2 Å². The number of phenols is 2. The van der Waals surface area contributed by atoms with Gasteiger partial charge in [-0.3, -0.25) is 0 Å². The standard InChI is InChI=1S/C13H16N2O2S/c1-8(12-5-11(16)3-4-13(12)17)14-6-10-7-18-9(2)15-10/h3-5,7-8,14,16-17H,6H2,1-2H3. The third-order valence-electron chi connectivity index (χ3n) is 2.73. The van der Waals surface area contributed by atoms with E-state index >= 15 is 0 Å². The Bertz CT molecular complexity index is 540. The van der Waals surface area contributed by atoms with Gasteiger partial charge in [0.05, 0.1) is 10.7 Å². The molecule has 4 nitrogen and oxygen atoms in total. The minimum atomic E-state index is -0.0564. The lowest BCUT2D eigenvalue weighted by Gasteiger charge is -2.15. The van der Waals surface area contributed by atoms with Gasteiger partial charge >= 0.3 is 0 Å². The highest BCUT2D eigenvalue weighted by Gasteiger charge is 2.11. The quantitative estimate of drug-likeness (QED) is 0.743. The van der Waals surface area contributed by atoms with Crippen molar-refractivity contribution in [2.75, 3.05) is 0 Å². The SMILES string of the molecule is Cc1nc(CNC(C)c2cc(O)ccc2O)cs1. The summed E-state index contributed by atoms with van der Waals surface area (Å²) in [6, 6.07) is 4.48. The van der Waals surface area contributed by atoms with Gasteiger partial charge in [0.15, 0.2) is 0 Å². The molecule has 0 saturated heterocycles. The van der Waals surface area contributed by atoms with Crippen molar-refractivity contribution in [2.45, 2.75) is 26.4 Å². The van der Waals surface area contributed by atoms with E-state index < -0.39 is 0 Å². The number of benzene rings is 1. The van der Waals surface area contributed by atoms with E-state index in [2.05, 4.69) is 10.3 Å². The largest absolute Gasteiger partial charge is 0.508 e.